The van der Waals surface area contributed by atoms with Crippen molar-refractivity contribution in [2.75, 3.05) is 13.1 Å². The van der Waals surface area contributed by atoms with E-state index in [0.717, 1.165) is 17.8 Å². The Morgan fingerprint density at radius 1 is 1.21 bits per heavy atom. The first-order chi connectivity index (χ1) is 9.13. The van der Waals surface area contributed by atoms with Crippen molar-refractivity contribution in [3.63, 3.8) is 0 Å². The number of nitrogens with two attached hydrogens (primary N) is 1. The molecule has 2 heteroatoms. The summed E-state index contributed by atoms with van der Waals surface area (Å²) in [7, 11) is 0. The molecule has 1 heterocycles. The van der Waals surface area contributed by atoms with Gasteiger partial charge in [-0.15, -0.1) is 0 Å². The first-order valence-corrected chi connectivity index (χ1v) is 8.64. The Kier molecular flexibility index (Phi) is 3.92. The summed E-state index contributed by atoms with van der Waals surface area (Å²) >= 11 is 0. The van der Waals surface area contributed by atoms with Crippen LogP contribution in [0.3, 0.4) is 0 Å². The zero-order valence-electron chi connectivity index (χ0n) is 12.9. The molecule has 2 saturated carbocycles. The van der Waals surface area contributed by atoms with E-state index in [2.05, 4.69) is 18.7 Å². The largest absolute Gasteiger partial charge is 0.326 e. The third-order valence-corrected chi connectivity index (χ3v) is 6.78. The van der Waals surface area contributed by atoms with Gasteiger partial charge in [-0.1, -0.05) is 13.3 Å². The van der Waals surface area contributed by atoms with Crippen molar-refractivity contribution in [2.24, 2.45) is 23.5 Å². The van der Waals surface area contributed by atoms with Gasteiger partial charge >= 0.3 is 0 Å². The molecule has 0 aromatic heterocycles. The van der Waals surface area contributed by atoms with E-state index in [4.69, 9.17) is 5.73 Å². The van der Waals surface area contributed by atoms with Gasteiger partial charge in [-0.3, -0.25) is 4.90 Å². The van der Waals surface area contributed by atoms with Crippen molar-refractivity contribution in [1.82, 2.24) is 4.90 Å². The number of hydrogen-bond donors (Lipinski definition) is 1. The van der Waals surface area contributed by atoms with Gasteiger partial charge in [-0.2, -0.15) is 0 Å². The fourth-order valence-electron chi connectivity index (χ4n) is 5.19. The highest BCUT2D eigenvalue weighted by molar-refractivity contribution is 5.00. The highest BCUT2D eigenvalue weighted by atomic mass is 15.2. The molecular formula is C17H32N2. The lowest BCUT2D eigenvalue weighted by Gasteiger charge is -2.44. The standard InChI is InChI=1S/C17H32N2/c1-3-17(2,19-8-4-5-9-19)16(18)12-15-11-13-6-7-14(15)10-13/h13-16H,3-12,18H2,1-2H3. The van der Waals surface area contributed by atoms with Gasteiger partial charge in [0, 0.05) is 11.6 Å². The molecule has 3 aliphatic rings. The maximum atomic E-state index is 6.71. The van der Waals surface area contributed by atoms with Gasteiger partial charge in [-0.25, -0.2) is 0 Å². The number of rotatable bonds is 5. The molecule has 5 unspecified atom stereocenters. The SMILES string of the molecule is CCC(C)(C(N)CC1CC2CCC1C2)N1CCCC1. The Hall–Kier alpha value is -0.0800. The second kappa shape index (κ2) is 5.37. The molecule has 2 N–H and O–H groups in total. The lowest BCUT2D eigenvalue weighted by molar-refractivity contribution is 0.0839. The predicted octanol–water partition coefficient (Wildman–Crippen LogP) is 3.40. The highest BCUT2D eigenvalue weighted by Gasteiger charge is 2.44. The summed E-state index contributed by atoms with van der Waals surface area (Å²) < 4.78 is 0. The van der Waals surface area contributed by atoms with Crippen LogP contribution >= 0.6 is 0 Å². The van der Waals surface area contributed by atoms with Crippen LogP contribution in [0, 0.1) is 17.8 Å². The Balaban J connectivity index is 1.62. The average Bonchev–Trinajstić information content (AvgIpc) is 3.14. The molecule has 19 heavy (non-hydrogen) atoms. The van der Waals surface area contributed by atoms with Crippen LogP contribution in [0.2, 0.25) is 0 Å². The molecular weight excluding hydrogens is 232 g/mol. The fraction of sp³-hybridized carbons (Fsp3) is 1.00. The van der Waals surface area contributed by atoms with Gasteiger partial charge in [0.2, 0.25) is 0 Å². The third kappa shape index (κ3) is 2.47. The Labute approximate surface area is 119 Å². The molecule has 2 bridgehead atoms. The summed E-state index contributed by atoms with van der Waals surface area (Å²) in [6, 6.07) is 0.375. The van der Waals surface area contributed by atoms with E-state index >= 15 is 0 Å². The van der Waals surface area contributed by atoms with Gasteiger partial charge in [0.05, 0.1) is 0 Å². The quantitative estimate of drug-likeness (QED) is 0.824. The van der Waals surface area contributed by atoms with Crippen molar-refractivity contribution in [2.45, 2.75) is 76.8 Å². The molecule has 0 aromatic rings. The topological polar surface area (TPSA) is 29.3 Å². The summed E-state index contributed by atoms with van der Waals surface area (Å²) in [5, 5.41) is 0. The normalized spacial score (nSPS) is 39.6. The molecule has 2 nitrogen and oxygen atoms in total. The monoisotopic (exact) mass is 264 g/mol. The number of likely N-dealkylation sites (tertiary alicyclic amines) is 1. The van der Waals surface area contributed by atoms with Crippen molar-refractivity contribution in [3.05, 3.63) is 0 Å². The van der Waals surface area contributed by atoms with Crippen LogP contribution < -0.4 is 5.73 Å². The van der Waals surface area contributed by atoms with E-state index in [1.165, 1.54) is 64.5 Å². The van der Waals surface area contributed by atoms with Crippen molar-refractivity contribution >= 4 is 0 Å². The average molecular weight is 264 g/mol. The summed E-state index contributed by atoms with van der Waals surface area (Å²) in [6.07, 6.45) is 11.2. The maximum absolute atomic E-state index is 6.71. The first kappa shape index (κ1) is 13.9. The fourth-order valence-corrected chi connectivity index (χ4v) is 5.19. The molecule has 0 radical (unpaired) electrons. The lowest BCUT2D eigenvalue weighted by Crippen LogP contribution is -2.57. The number of fused-ring (bicyclic) bond motifs is 2. The first-order valence-electron chi connectivity index (χ1n) is 8.64. The molecule has 0 aromatic carbocycles. The van der Waals surface area contributed by atoms with Crippen LogP contribution in [0.4, 0.5) is 0 Å². The minimum Gasteiger partial charge on any atom is -0.326 e. The molecule has 110 valence electrons. The van der Waals surface area contributed by atoms with Crippen LogP contribution in [0.5, 0.6) is 0 Å². The van der Waals surface area contributed by atoms with Crippen LogP contribution in [0.1, 0.15) is 65.2 Å². The van der Waals surface area contributed by atoms with Crippen molar-refractivity contribution < 1.29 is 0 Å². The lowest BCUT2D eigenvalue weighted by atomic mass is 9.77. The van der Waals surface area contributed by atoms with Gasteiger partial charge in [0.25, 0.3) is 0 Å². The van der Waals surface area contributed by atoms with E-state index < -0.39 is 0 Å². The molecule has 3 fully saturated rings. The zero-order chi connectivity index (χ0) is 13.5. The van der Waals surface area contributed by atoms with Crippen LogP contribution in [-0.2, 0) is 0 Å². The molecule has 0 spiro atoms. The van der Waals surface area contributed by atoms with Crippen LogP contribution in [0.25, 0.3) is 0 Å². The second-order valence-corrected chi connectivity index (χ2v) is 7.68. The molecule has 0 amide bonds. The minimum atomic E-state index is 0.248. The summed E-state index contributed by atoms with van der Waals surface area (Å²) in [6.45, 7) is 7.30. The van der Waals surface area contributed by atoms with E-state index in [-0.39, 0.29) is 5.54 Å². The van der Waals surface area contributed by atoms with E-state index in [9.17, 15) is 0 Å². The molecule has 1 aliphatic heterocycles. The molecule has 2 aliphatic carbocycles. The second-order valence-electron chi connectivity index (χ2n) is 7.68. The van der Waals surface area contributed by atoms with Gasteiger partial charge < -0.3 is 5.73 Å². The predicted molar refractivity (Wildman–Crippen MR) is 81.0 cm³/mol. The maximum Gasteiger partial charge on any atom is 0.0329 e. The van der Waals surface area contributed by atoms with E-state index in [0.29, 0.717) is 6.04 Å². The zero-order valence-corrected chi connectivity index (χ0v) is 12.9. The van der Waals surface area contributed by atoms with E-state index in [1.807, 2.05) is 0 Å². The van der Waals surface area contributed by atoms with Gasteiger partial charge in [-0.05, 0) is 82.7 Å². The smallest absolute Gasteiger partial charge is 0.0329 e. The van der Waals surface area contributed by atoms with Crippen molar-refractivity contribution in [3.8, 4) is 0 Å². The molecule has 3 rings (SSSR count). The molecule has 1 saturated heterocycles. The number of hydrogen-bond acceptors (Lipinski definition) is 2. The molecule has 5 atom stereocenters. The Morgan fingerprint density at radius 2 is 1.95 bits per heavy atom. The third-order valence-electron chi connectivity index (χ3n) is 6.78. The van der Waals surface area contributed by atoms with Gasteiger partial charge in [0.15, 0.2) is 0 Å². The van der Waals surface area contributed by atoms with E-state index in [1.54, 1.807) is 0 Å². The summed E-state index contributed by atoms with van der Waals surface area (Å²) in [5.74, 6) is 3.03. The van der Waals surface area contributed by atoms with Crippen molar-refractivity contribution in [1.29, 1.82) is 0 Å². The Bertz CT molecular complexity index is 310. The highest BCUT2D eigenvalue weighted by Crippen LogP contribution is 2.50. The van der Waals surface area contributed by atoms with Crippen LogP contribution in [-0.4, -0.2) is 29.6 Å². The number of nitrogens with zero attached hydrogens (tertiary/aromatic N) is 1. The minimum absolute atomic E-state index is 0.248. The summed E-state index contributed by atoms with van der Waals surface area (Å²) in [4.78, 5) is 2.69. The Morgan fingerprint density at radius 3 is 2.47 bits per heavy atom. The van der Waals surface area contributed by atoms with Crippen LogP contribution in [0.15, 0.2) is 0 Å². The summed E-state index contributed by atoms with van der Waals surface area (Å²) in [5.41, 5.74) is 6.96. The van der Waals surface area contributed by atoms with Gasteiger partial charge in [0.1, 0.15) is 0 Å².